The van der Waals surface area contributed by atoms with Gasteiger partial charge in [0.1, 0.15) is 0 Å². The van der Waals surface area contributed by atoms with Crippen LogP contribution in [-0.2, 0) is 28.4 Å². The highest BCUT2D eigenvalue weighted by Gasteiger charge is 2.43. The highest BCUT2D eigenvalue weighted by Crippen LogP contribution is 2.35. The number of alkyl halides is 6. The Hall–Kier alpha value is -3.76. The highest BCUT2D eigenvalue weighted by molar-refractivity contribution is 6.01. The SMILES string of the molecule is N=Cc1c(C(N)=O)c(C(F)(F)F)nn1CCOCCC(=O)N1CC[C@@H]2[C@H]1CCCN2c1ncc(C(F)(F)F)cn1. The van der Waals surface area contributed by atoms with Gasteiger partial charge in [-0.1, -0.05) is 0 Å². The summed E-state index contributed by atoms with van der Waals surface area (Å²) in [4.78, 5) is 35.8. The van der Waals surface area contributed by atoms with Crippen molar-refractivity contribution in [2.75, 3.05) is 31.2 Å². The molecule has 2 aromatic rings. The standard InChI is InChI=1S/C23H26F6N8O3/c24-22(25,26)13-11-32-21(33-12-13)36-5-1-2-14-15(36)3-6-35(14)17(38)4-8-40-9-7-37-16(10-30)18(20(31)39)19(34-37)23(27,28)29/h10-12,14-15,30H,1-9H2,(H2,31,39)/t14-,15-/m1/s1. The predicted octanol–water partition coefficient (Wildman–Crippen LogP) is 2.48. The van der Waals surface area contributed by atoms with Crippen LogP contribution in [0.5, 0.6) is 0 Å². The number of nitrogens with one attached hydrogen (secondary N) is 1. The van der Waals surface area contributed by atoms with Crippen LogP contribution in [-0.4, -0.2) is 81.1 Å². The number of piperidine rings is 1. The summed E-state index contributed by atoms with van der Waals surface area (Å²) in [6, 6.07) is -0.309. The Morgan fingerprint density at radius 3 is 2.35 bits per heavy atom. The Morgan fingerprint density at radius 1 is 1.05 bits per heavy atom. The van der Waals surface area contributed by atoms with Gasteiger partial charge in [0.25, 0.3) is 5.91 Å². The first-order chi connectivity index (χ1) is 18.8. The topological polar surface area (TPSA) is 143 Å². The summed E-state index contributed by atoms with van der Waals surface area (Å²) in [5.74, 6) is -1.38. The number of hydrogen-bond donors (Lipinski definition) is 2. The van der Waals surface area contributed by atoms with Crippen molar-refractivity contribution in [2.24, 2.45) is 5.73 Å². The first kappa shape index (κ1) is 29.2. The van der Waals surface area contributed by atoms with Crippen LogP contribution in [0.15, 0.2) is 12.4 Å². The Labute approximate surface area is 223 Å². The maximum atomic E-state index is 13.2. The summed E-state index contributed by atoms with van der Waals surface area (Å²) in [7, 11) is 0. The van der Waals surface area contributed by atoms with Crippen molar-refractivity contribution < 1.29 is 40.7 Å². The van der Waals surface area contributed by atoms with Gasteiger partial charge in [0, 0.05) is 31.7 Å². The Kier molecular flexibility index (Phi) is 8.32. The lowest BCUT2D eigenvalue weighted by Gasteiger charge is -2.40. The molecule has 0 aliphatic carbocycles. The van der Waals surface area contributed by atoms with Crippen LogP contribution >= 0.6 is 0 Å². The lowest BCUT2D eigenvalue weighted by atomic mass is 9.97. The molecule has 0 spiro atoms. The molecule has 40 heavy (non-hydrogen) atoms. The molecule has 0 unspecified atom stereocenters. The maximum Gasteiger partial charge on any atom is 0.435 e. The second-order valence-corrected chi connectivity index (χ2v) is 9.32. The summed E-state index contributed by atoms with van der Waals surface area (Å²) >= 11 is 0. The maximum absolute atomic E-state index is 13.2. The second kappa shape index (κ2) is 11.4. The van der Waals surface area contributed by atoms with E-state index in [0.29, 0.717) is 38.6 Å². The number of likely N-dealkylation sites (tertiary alicyclic amines) is 1. The predicted molar refractivity (Wildman–Crippen MR) is 127 cm³/mol. The van der Waals surface area contributed by atoms with E-state index in [0.717, 1.165) is 17.1 Å². The highest BCUT2D eigenvalue weighted by atomic mass is 19.4. The zero-order chi connectivity index (χ0) is 29.2. The smallest absolute Gasteiger partial charge is 0.379 e. The summed E-state index contributed by atoms with van der Waals surface area (Å²) in [5, 5.41) is 10.8. The molecule has 4 rings (SSSR count). The van der Waals surface area contributed by atoms with Crippen molar-refractivity contribution in [3.05, 3.63) is 34.9 Å². The Morgan fingerprint density at radius 2 is 1.75 bits per heavy atom. The van der Waals surface area contributed by atoms with Crippen LogP contribution in [0.1, 0.15) is 53.0 Å². The molecule has 3 N–H and O–H groups in total. The molecule has 0 saturated carbocycles. The lowest BCUT2D eigenvalue weighted by Crippen LogP contribution is -2.51. The van der Waals surface area contributed by atoms with E-state index < -0.39 is 40.8 Å². The van der Waals surface area contributed by atoms with Gasteiger partial charge >= 0.3 is 12.4 Å². The van der Waals surface area contributed by atoms with E-state index in [1.54, 1.807) is 4.90 Å². The molecule has 0 bridgehead atoms. The number of amides is 2. The Bertz CT molecular complexity index is 1250. The van der Waals surface area contributed by atoms with Crippen molar-refractivity contribution in [3.63, 3.8) is 0 Å². The van der Waals surface area contributed by atoms with Crippen LogP contribution in [0.25, 0.3) is 0 Å². The summed E-state index contributed by atoms with van der Waals surface area (Å²) in [5.41, 5.74) is 1.33. The van der Waals surface area contributed by atoms with Gasteiger partial charge in [0.15, 0.2) is 5.69 Å². The molecule has 11 nitrogen and oxygen atoms in total. The molecule has 2 saturated heterocycles. The first-order valence-electron chi connectivity index (χ1n) is 12.3. The van der Waals surface area contributed by atoms with Gasteiger partial charge in [-0.3, -0.25) is 14.3 Å². The number of carbonyl (C=O) groups is 2. The molecule has 2 fully saturated rings. The normalized spacial score (nSPS) is 19.6. The largest absolute Gasteiger partial charge is 0.435 e. The number of aromatic nitrogens is 4. The minimum Gasteiger partial charge on any atom is -0.379 e. The third-order valence-corrected chi connectivity index (χ3v) is 6.90. The first-order valence-corrected chi connectivity index (χ1v) is 12.3. The van der Waals surface area contributed by atoms with E-state index in [-0.39, 0.29) is 50.1 Å². The number of rotatable bonds is 9. The lowest BCUT2D eigenvalue weighted by molar-refractivity contribution is -0.142. The zero-order valence-electron chi connectivity index (χ0n) is 21.0. The van der Waals surface area contributed by atoms with Crippen molar-refractivity contribution in [1.29, 1.82) is 5.41 Å². The minimum atomic E-state index is -4.94. The van der Waals surface area contributed by atoms with Gasteiger partial charge in [0.05, 0.1) is 55.1 Å². The van der Waals surface area contributed by atoms with Gasteiger partial charge in [-0.25, -0.2) is 9.97 Å². The van der Waals surface area contributed by atoms with Crippen LogP contribution in [0.3, 0.4) is 0 Å². The second-order valence-electron chi connectivity index (χ2n) is 9.32. The molecule has 2 aliphatic rings. The van der Waals surface area contributed by atoms with E-state index in [2.05, 4.69) is 15.1 Å². The van der Waals surface area contributed by atoms with Crippen LogP contribution < -0.4 is 10.6 Å². The average molecular weight is 577 g/mol. The molecular formula is C23H26F6N8O3. The molecule has 4 heterocycles. The molecule has 2 amide bonds. The molecule has 0 radical (unpaired) electrons. The molecule has 2 atom stereocenters. The van der Waals surface area contributed by atoms with E-state index in [1.807, 2.05) is 4.90 Å². The van der Waals surface area contributed by atoms with Crippen LogP contribution in [0.2, 0.25) is 0 Å². The molecule has 17 heteroatoms. The van der Waals surface area contributed by atoms with Crippen LogP contribution in [0, 0.1) is 5.41 Å². The molecular weight excluding hydrogens is 550 g/mol. The van der Waals surface area contributed by atoms with E-state index in [4.69, 9.17) is 15.9 Å². The summed E-state index contributed by atoms with van der Waals surface area (Å²) in [6.45, 7) is 0.602. The van der Waals surface area contributed by atoms with E-state index in [1.165, 1.54) is 0 Å². The average Bonchev–Trinajstić information content (AvgIpc) is 3.50. The van der Waals surface area contributed by atoms with Gasteiger partial charge in [-0.2, -0.15) is 31.4 Å². The number of nitrogens with two attached hydrogens (primary N) is 1. The number of carbonyl (C=O) groups excluding carboxylic acids is 2. The number of primary amides is 1. The molecule has 2 aromatic heterocycles. The number of halogens is 6. The Balaban J connectivity index is 1.30. The third kappa shape index (κ3) is 6.03. The van der Waals surface area contributed by atoms with E-state index in [9.17, 15) is 35.9 Å². The fourth-order valence-electron chi connectivity index (χ4n) is 5.15. The minimum absolute atomic E-state index is 0.00310. The summed E-state index contributed by atoms with van der Waals surface area (Å²) < 4.78 is 84.5. The van der Waals surface area contributed by atoms with Crippen molar-refractivity contribution in [1.82, 2.24) is 24.6 Å². The molecule has 218 valence electrons. The number of anilines is 1. The van der Waals surface area contributed by atoms with Gasteiger partial charge in [-0.15, -0.1) is 0 Å². The number of hydrogen-bond acceptors (Lipinski definition) is 8. The van der Waals surface area contributed by atoms with Crippen molar-refractivity contribution in [2.45, 2.75) is 56.7 Å². The van der Waals surface area contributed by atoms with Gasteiger partial charge in [-0.05, 0) is 19.3 Å². The van der Waals surface area contributed by atoms with Crippen molar-refractivity contribution >= 4 is 24.0 Å². The molecule has 0 aromatic carbocycles. The quantitative estimate of drug-likeness (QED) is 0.265. The number of nitrogens with zero attached hydrogens (tertiary/aromatic N) is 6. The molecule has 2 aliphatic heterocycles. The van der Waals surface area contributed by atoms with Crippen molar-refractivity contribution in [3.8, 4) is 0 Å². The van der Waals surface area contributed by atoms with Crippen LogP contribution in [0.4, 0.5) is 32.3 Å². The number of fused-ring (bicyclic) bond motifs is 1. The third-order valence-electron chi connectivity index (χ3n) is 6.90. The monoisotopic (exact) mass is 576 g/mol. The van der Waals surface area contributed by atoms with Gasteiger partial charge in [0.2, 0.25) is 11.9 Å². The summed E-state index contributed by atoms with van der Waals surface area (Å²) in [6.07, 6.45) is -5.45. The fourth-order valence-corrected chi connectivity index (χ4v) is 5.15. The zero-order valence-corrected chi connectivity index (χ0v) is 21.0. The van der Waals surface area contributed by atoms with Gasteiger partial charge < -0.3 is 25.7 Å². The number of ether oxygens (including phenoxy) is 1. The fraction of sp³-hybridized carbons (Fsp3) is 0.565. The van der Waals surface area contributed by atoms with E-state index >= 15 is 0 Å².